The largest absolute Gasteiger partial charge is 0.312 e. The molecule has 0 aliphatic rings. The smallest absolute Gasteiger partial charge is 0.0940 e. The average Bonchev–Trinajstić information content (AvgIpc) is 2.73. The molecule has 0 bridgehead atoms. The van der Waals surface area contributed by atoms with Crippen molar-refractivity contribution >= 4 is 11.3 Å². The van der Waals surface area contributed by atoms with Crippen LogP contribution in [-0.2, 0) is 13.0 Å². The molecule has 0 spiro atoms. The van der Waals surface area contributed by atoms with E-state index in [2.05, 4.69) is 26.7 Å². The third-order valence-electron chi connectivity index (χ3n) is 2.48. The maximum absolute atomic E-state index is 4.43. The Morgan fingerprint density at radius 2 is 2.12 bits per heavy atom. The van der Waals surface area contributed by atoms with Gasteiger partial charge >= 0.3 is 0 Å². The highest BCUT2D eigenvalue weighted by Crippen LogP contribution is 2.08. The number of hydrogen-bond donors (Lipinski definition) is 1. The SMILES string of the molecule is Cc1ccc(CNCCc2nc(C)cs2)cn1. The summed E-state index contributed by atoms with van der Waals surface area (Å²) >= 11 is 1.73. The Hall–Kier alpha value is -1.26. The highest BCUT2D eigenvalue weighted by atomic mass is 32.1. The molecule has 0 aromatic carbocycles. The molecule has 0 aliphatic heterocycles. The van der Waals surface area contributed by atoms with Crippen LogP contribution in [0, 0.1) is 13.8 Å². The van der Waals surface area contributed by atoms with Crippen molar-refractivity contribution < 1.29 is 0 Å². The van der Waals surface area contributed by atoms with Crippen molar-refractivity contribution in [1.29, 1.82) is 0 Å². The maximum Gasteiger partial charge on any atom is 0.0940 e. The highest BCUT2D eigenvalue weighted by Gasteiger charge is 1.98. The third kappa shape index (κ3) is 3.91. The molecule has 17 heavy (non-hydrogen) atoms. The molecule has 90 valence electrons. The van der Waals surface area contributed by atoms with Crippen molar-refractivity contribution in [3.05, 3.63) is 45.7 Å². The van der Waals surface area contributed by atoms with Crippen molar-refractivity contribution in [1.82, 2.24) is 15.3 Å². The number of rotatable bonds is 5. The first kappa shape index (κ1) is 12.2. The van der Waals surface area contributed by atoms with E-state index >= 15 is 0 Å². The second-order valence-electron chi connectivity index (χ2n) is 4.12. The van der Waals surface area contributed by atoms with E-state index in [0.717, 1.165) is 30.9 Å². The fourth-order valence-electron chi connectivity index (χ4n) is 1.55. The molecule has 0 fully saturated rings. The van der Waals surface area contributed by atoms with Crippen molar-refractivity contribution in [3.8, 4) is 0 Å². The molecule has 0 atom stereocenters. The topological polar surface area (TPSA) is 37.8 Å². The van der Waals surface area contributed by atoms with E-state index in [1.54, 1.807) is 11.3 Å². The van der Waals surface area contributed by atoms with Gasteiger partial charge in [-0.2, -0.15) is 0 Å². The zero-order chi connectivity index (χ0) is 12.1. The minimum Gasteiger partial charge on any atom is -0.312 e. The summed E-state index contributed by atoms with van der Waals surface area (Å²) in [7, 11) is 0. The quantitative estimate of drug-likeness (QED) is 0.825. The number of nitrogens with zero attached hydrogens (tertiary/aromatic N) is 2. The van der Waals surface area contributed by atoms with Crippen molar-refractivity contribution in [2.75, 3.05) is 6.54 Å². The van der Waals surface area contributed by atoms with E-state index in [0.29, 0.717) is 0 Å². The average molecular weight is 247 g/mol. The minimum absolute atomic E-state index is 0.873. The van der Waals surface area contributed by atoms with Gasteiger partial charge in [-0.1, -0.05) is 6.07 Å². The summed E-state index contributed by atoms with van der Waals surface area (Å²) in [4.78, 5) is 8.70. The fraction of sp³-hybridized carbons (Fsp3) is 0.385. The van der Waals surface area contributed by atoms with Crippen LogP contribution >= 0.6 is 11.3 Å². The van der Waals surface area contributed by atoms with Crippen LogP contribution in [0.1, 0.15) is 22.0 Å². The Morgan fingerprint density at radius 3 is 2.76 bits per heavy atom. The van der Waals surface area contributed by atoms with Crippen LogP contribution in [0.25, 0.3) is 0 Å². The lowest BCUT2D eigenvalue weighted by Crippen LogP contribution is -2.16. The molecular formula is C13H17N3S. The number of thiazole rings is 1. The predicted molar refractivity (Wildman–Crippen MR) is 71.2 cm³/mol. The number of aryl methyl sites for hydroxylation is 2. The predicted octanol–water partition coefficient (Wildman–Crippen LogP) is 2.49. The van der Waals surface area contributed by atoms with E-state index in [9.17, 15) is 0 Å². The Kier molecular flexibility index (Phi) is 4.23. The van der Waals surface area contributed by atoms with Gasteiger partial charge in [-0.05, 0) is 25.5 Å². The molecule has 2 rings (SSSR count). The lowest BCUT2D eigenvalue weighted by molar-refractivity contribution is 0.682. The second kappa shape index (κ2) is 5.89. The summed E-state index contributed by atoms with van der Waals surface area (Å²) in [6.07, 6.45) is 2.92. The summed E-state index contributed by atoms with van der Waals surface area (Å²) in [6.45, 7) is 5.87. The molecular weight excluding hydrogens is 230 g/mol. The number of nitrogens with one attached hydrogen (secondary N) is 1. The summed E-state index contributed by atoms with van der Waals surface area (Å²) < 4.78 is 0. The molecule has 4 heteroatoms. The number of pyridine rings is 1. The summed E-state index contributed by atoms with van der Waals surface area (Å²) in [6, 6.07) is 4.16. The van der Waals surface area contributed by atoms with Crippen LogP contribution in [0.5, 0.6) is 0 Å². The molecule has 2 aromatic rings. The molecule has 2 heterocycles. The van der Waals surface area contributed by atoms with Crippen molar-refractivity contribution in [3.63, 3.8) is 0 Å². The van der Waals surface area contributed by atoms with Gasteiger partial charge in [-0.3, -0.25) is 4.98 Å². The van der Waals surface area contributed by atoms with Crippen LogP contribution in [0.15, 0.2) is 23.7 Å². The van der Waals surface area contributed by atoms with Crippen LogP contribution < -0.4 is 5.32 Å². The van der Waals surface area contributed by atoms with E-state index in [1.807, 2.05) is 26.1 Å². The van der Waals surface area contributed by atoms with Crippen LogP contribution in [-0.4, -0.2) is 16.5 Å². The minimum atomic E-state index is 0.873. The second-order valence-corrected chi connectivity index (χ2v) is 5.06. The Balaban J connectivity index is 1.71. The van der Waals surface area contributed by atoms with E-state index in [1.165, 1.54) is 10.6 Å². The number of hydrogen-bond acceptors (Lipinski definition) is 4. The zero-order valence-electron chi connectivity index (χ0n) is 10.2. The Morgan fingerprint density at radius 1 is 1.24 bits per heavy atom. The van der Waals surface area contributed by atoms with Crippen molar-refractivity contribution in [2.24, 2.45) is 0 Å². The van der Waals surface area contributed by atoms with E-state index < -0.39 is 0 Å². The van der Waals surface area contributed by atoms with Gasteiger partial charge in [-0.25, -0.2) is 4.98 Å². The molecule has 0 radical (unpaired) electrons. The monoisotopic (exact) mass is 247 g/mol. The lowest BCUT2D eigenvalue weighted by Gasteiger charge is -2.03. The fourth-order valence-corrected chi connectivity index (χ4v) is 2.32. The molecule has 2 aromatic heterocycles. The van der Waals surface area contributed by atoms with Crippen LogP contribution in [0.4, 0.5) is 0 Å². The third-order valence-corrected chi connectivity index (χ3v) is 3.51. The maximum atomic E-state index is 4.43. The van der Waals surface area contributed by atoms with Crippen LogP contribution in [0.3, 0.4) is 0 Å². The Bertz CT molecular complexity index is 462. The molecule has 0 aliphatic carbocycles. The van der Waals surface area contributed by atoms with Gasteiger partial charge in [-0.15, -0.1) is 11.3 Å². The van der Waals surface area contributed by atoms with Gasteiger partial charge in [0, 0.05) is 42.5 Å². The summed E-state index contributed by atoms with van der Waals surface area (Å²) in [5.74, 6) is 0. The van der Waals surface area contributed by atoms with Gasteiger partial charge in [0.2, 0.25) is 0 Å². The van der Waals surface area contributed by atoms with Crippen molar-refractivity contribution in [2.45, 2.75) is 26.8 Å². The standard InChI is InChI=1S/C13H17N3S/c1-10-3-4-12(8-15-10)7-14-6-5-13-16-11(2)9-17-13/h3-4,8-9,14H,5-7H2,1-2H3. The number of aromatic nitrogens is 2. The molecule has 0 unspecified atom stereocenters. The first-order valence-electron chi connectivity index (χ1n) is 5.77. The van der Waals surface area contributed by atoms with Gasteiger partial charge < -0.3 is 5.32 Å². The van der Waals surface area contributed by atoms with Gasteiger partial charge in [0.05, 0.1) is 5.01 Å². The van der Waals surface area contributed by atoms with E-state index in [4.69, 9.17) is 0 Å². The Labute approximate surface area is 106 Å². The summed E-state index contributed by atoms with van der Waals surface area (Å²) in [5.41, 5.74) is 3.41. The molecule has 0 saturated heterocycles. The normalized spacial score (nSPS) is 10.7. The van der Waals surface area contributed by atoms with Gasteiger partial charge in [0.25, 0.3) is 0 Å². The van der Waals surface area contributed by atoms with E-state index in [-0.39, 0.29) is 0 Å². The molecule has 0 amide bonds. The molecule has 3 nitrogen and oxygen atoms in total. The van der Waals surface area contributed by atoms with Gasteiger partial charge in [0.15, 0.2) is 0 Å². The molecule has 1 N–H and O–H groups in total. The highest BCUT2D eigenvalue weighted by molar-refractivity contribution is 7.09. The first-order chi connectivity index (χ1) is 8.24. The van der Waals surface area contributed by atoms with Crippen LogP contribution in [0.2, 0.25) is 0 Å². The zero-order valence-corrected chi connectivity index (χ0v) is 11.0. The first-order valence-corrected chi connectivity index (χ1v) is 6.65. The van der Waals surface area contributed by atoms with Gasteiger partial charge in [0.1, 0.15) is 0 Å². The lowest BCUT2D eigenvalue weighted by atomic mass is 10.2. The summed E-state index contributed by atoms with van der Waals surface area (Å²) in [5, 5.41) is 6.71. The molecule has 0 saturated carbocycles.